The van der Waals surface area contributed by atoms with Crippen molar-refractivity contribution in [3.05, 3.63) is 29.8 Å². The Bertz CT molecular complexity index is 599. The van der Waals surface area contributed by atoms with Gasteiger partial charge in [-0.2, -0.15) is 0 Å². The Morgan fingerprint density at radius 3 is 2.71 bits per heavy atom. The molecule has 0 spiro atoms. The predicted octanol–water partition coefficient (Wildman–Crippen LogP) is 3.07. The summed E-state index contributed by atoms with van der Waals surface area (Å²) in [5, 5.41) is 3.08. The largest absolute Gasteiger partial charge is 0.333 e. The van der Waals surface area contributed by atoms with Gasteiger partial charge in [0.25, 0.3) is 0 Å². The molecule has 2 aliphatic rings. The molecular formula is C19H27N3O2. The van der Waals surface area contributed by atoms with Crippen LogP contribution in [0.5, 0.6) is 0 Å². The van der Waals surface area contributed by atoms with Crippen molar-refractivity contribution < 1.29 is 9.59 Å². The van der Waals surface area contributed by atoms with Crippen LogP contribution in [0, 0.1) is 6.92 Å². The molecular weight excluding hydrogens is 302 g/mol. The minimum absolute atomic E-state index is 0.00916. The maximum Gasteiger partial charge on any atom is 0.317 e. The van der Waals surface area contributed by atoms with Crippen LogP contribution < -0.4 is 10.2 Å². The fraction of sp³-hybridized carbons (Fsp3) is 0.579. The summed E-state index contributed by atoms with van der Waals surface area (Å²) in [5.41, 5.74) is 2.08. The van der Waals surface area contributed by atoms with Crippen molar-refractivity contribution in [1.82, 2.24) is 10.2 Å². The number of piperidine rings is 1. The number of urea groups is 1. The molecule has 0 radical (unpaired) electrons. The first-order valence-corrected chi connectivity index (χ1v) is 9.02. The van der Waals surface area contributed by atoms with Crippen molar-refractivity contribution in [2.24, 2.45) is 0 Å². The van der Waals surface area contributed by atoms with E-state index in [1.165, 1.54) is 12.0 Å². The third-order valence-corrected chi connectivity index (χ3v) is 5.16. The number of rotatable bonds is 3. The Kier molecular flexibility index (Phi) is 5.07. The van der Waals surface area contributed by atoms with E-state index >= 15 is 0 Å². The Morgan fingerprint density at radius 1 is 1.25 bits per heavy atom. The number of likely N-dealkylation sites (tertiary alicyclic amines) is 1. The number of hydrogen-bond donors (Lipinski definition) is 1. The van der Waals surface area contributed by atoms with Crippen molar-refractivity contribution >= 4 is 17.6 Å². The van der Waals surface area contributed by atoms with Gasteiger partial charge in [-0.15, -0.1) is 0 Å². The third kappa shape index (κ3) is 3.55. The molecule has 0 aromatic heterocycles. The highest BCUT2D eigenvalue weighted by Crippen LogP contribution is 2.23. The number of nitrogens with one attached hydrogen (secondary N) is 1. The maximum absolute atomic E-state index is 12.6. The molecule has 0 saturated carbocycles. The van der Waals surface area contributed by atoms with E-state index in [1.54, 1.807) is 4.90 Å². The average Bonchev–Trinajstić information content (AvgIpc) is 2.95. The highest BCUT2D eigenvalue weighted by Gasteiger charge is 2.34. The van der Waals surface area contributed by atoms with Crippen molar-refractivity contribution in [3.8, 4) is 0 Å². The summed E-state index contributed by atoms with van der Waals surface area (Å²) in [6.07, 6.45) is 4.73. The zero-order valence-electron chi connectivity index (χ0n) is 14.6. The summed E-state index contributed by atoms with van der Waals surface area (Å²) in [6, 6.07) is 8.17. The van der Waals surface area contributed by atoms with Crippen LogP contribution >= 0.6 is 0 Å². The quantitative estimate of drug-likeness (QED) is 0.926. The van der Waals surface area contributed by atoms with E-state index in [0.29, 0.717) is 19.0 Å². The van der Waals surface area contributed by atoms with Crippen LogP contribution in [0.25, 0.3) is 0 Å². The molecule has 2 atom stereocenters. The van der Waals surface area contributed by atoms with Gasteiger partial charge in [0.05, 0.1) is 6.04 Å². The Hall–Kier alpha value is -2.04. The minimum atomic E-state index is -0.106. The Morgan fingerprint density at radius 2 is 2.00 bits per heavy atom. The van der Waals surface area contributed by atoms with E-state index in [1.807, 2.05) is 36.1 Å². The summed E-state index contributed by atoms with van der Waals surface area (Å²) in [5.74, 6) is 0.0786. The smallest absolute Gasteiger partial charge is 0.317 e. The molecule has 2 unspecified atom stereocenters. The summed E-state index contributed by atoms with van der Waals surface area (Å²) in [6.45, 7) is 5.54. The SMILES string of the molecule is CCC1CCCCN1C(=O)NC1CC(=O)N(c2ccc(C)cc2)C1. The first-order valence-electron chi connectivity index (χ1n) is 9.02. The highest BCUT2D eigenvalue weighted by atomic mass is 16.2. The van der Waals surface area contributed by atoms with E-state index in [4.69, 9.17) is 0 Å². The molecule has 2 heterocycles. The summed E-state index contributed by atoms with van der Waals surface area (Å²) < 4.78 is 0. The number of aryl methyl sites for hydroxylation is 1. The fourth-order valence-corrected chi connectivity index (χ4v) is 3.73. The van der Waals surface area contributed by atoms with Crippen molar-refractivity contribution in [1.29, 1.82) is 0 Å². The van der Waals surface area contributed by atoms with Crippen LogP contribution in [0.15, 0.2) is 24.3 Å². The van der Waals surface area contributed by atoms with E-state index in [2.05, 4.69) is 12.2 Å². The van der Waals surface area contributed by atoms with Crippen LogP contribution in [-0.4, -0.2) is 42.0 Å². The number of nitrogens with zero attached hydrogens (tertiary/aromatic N) is 2. The molecule has 5 nitrogen and oxygen atoms in total. The number of benzene rings is 1. The van der Waals surface area contributed by atoms with Gasteiger partial charge < -0.3 is 15.1 Å². The topological polar surface area (TPSA) is 52.7 Å². The Balaban J connectivity index is 1.61. The summed E-state index contributed by atoms with van der Waals surface area (Å²) >= 11 is 0. The zero-order chi connectivity index (χ0) is 17.1. The number of amides is 3. The van der Waals surface area contributed by atoms with Gasteiger partial charge in [0.1, 0.15) is 0 Å². The number of anilines is 1. The van der Waals surface area contributed by atoms with Gasteiger partial charge in [0.15, 0.2) is 0 Å². The molecule has 3 amide bonds. The molecule has 2 saturated heterocycles. The molecule has 1 aromatic carbocycles. The molecule has 24 heavy (non-hydrogen) atoms. The highest BCUT2D eigenvalue weighted by molar-refractivity contribution is 5.96. The minimum Gasteiger partial charge on any atom is -0.333 e. The molecule has 5 heteroatoms. The lowest BCUT2D eigenvalue weighted by Crippen LogP contribution is -2.51. The van der Waals surface area contributed by atoms with Gasteiger partial charge in [-0.3, -0.25) is 4.79 Å². The second kappa shape index (κ2) is 7.24. The van der Waals surface area contributed by atoms with E-state index < -0.39 is 0 Å². The van der Waals surface area contributed by atoms with Crippen molar-refractivity contribution in [2.45, 2.75) is 58.0 Å². The molecule has 0 aliphatic carbocycles. The number of hydrogen-bond acceptors (Lipinski definition) is 2. The van der Waals surface area contributed by atoms with Crippen LogP contribution in [0.1, 0.15) is 44.6 Å². The molecule has 2 aliphatic heterocycles. The van der Waals surface area contributed by atoms with Crippen LogP contribution in [0.2, 0.25) is 0 Å². The van der Waals surface area contributed by atoms with Crippen molar-refractivity contribution in [3.63, 3.8) is 0 Å². The molecule has 1 aromatic rings. The zero-order valence-corrected chi connectivity index (χ0v) is 14.6. The Labute approximate surface area is 144 Å². The van der Waals surface area contributed by atoms with Crippen LogP contribution in [0.3, 0.4) is 0 Å². The third-order valence-electron chi connectivity index (χ3n) is 5.16. The van der Waals surface area contributed by atoms with E-state index in [-0.39, 0.29) is 18.0 Å². The van der Waals surface area contributed by atoms with Crippen molar-refractivity contribution in [2.75, 3.05) is 18.0 Å². The fourth-order valence-electron chi connectivity index (χ4n) is 3.73. The average molecular weight is 329 g/mol. The summed E-state index contributed by atoms with van der Waals surface area (Å²) in [7, 11) is 0. The first-order chi connectivity index (χ1) is 11.6. The monoisotopic (exact) mass is 329 g/mol. The second-order valence-corrected chi connectivity index (χ2v) is 6.94. The lowest BCUT2D eigenvalue weighted by molar-refractivity contribution is -0.117. The van der Waals surface area contributed by atoms with Gasteiger partial charge in [-0.25, -0.2) is 4.79 Å². The molecule has 1 N–H and O–H groups in total. The lowest BCUT2D eigenvalue weighted by atomic mass is 10.0. The van der Waals surface area contributed by atoms with E-state index in [9.17, 15) is 9.59 Å². The first kappa shape index (κ1) is 16.8. The normalized spacial score (nSPS) is 24.3. The molecule has 2 fully saturated rings. The van der Waals surface area contributed by atoms with Gasteiger partial charge in [0, 0.05) is 31.2 Å². The standard InChI is InChI=1S/C19H27N3O2/c1-3-16-6-4-5-11-21(16)19(24)20-15-12-18(23)22(13-15)17-9-7-14(2)8-10-17/h7-10,15-16H,3-6,11-13H2,1-2H3,(H,20,24). The van der Waals surface area contributed by atoms with Gasteiger partial charge in [-0.05, 0) is 44.7 Å². The summed E-state index contributed by atoms with van der Waals surface area (Å²) in [4.78, 5) is 28.6. The van der Waals surface area contributed by atoms with Crippen LogP contribution in [0.4, 0.5) is 10.5 Å². The van der Waals surface area contributed by atoms with Crippen LogP contribution in [-0.2, 0) is 4.79 Å². The predicted molar refractivity (Wildman–Crippen MR) is 95.1 cm³/mol. The second-order valence-electron chi connectivity index (χ2n) is 6.94. The number of carbonyl (C=O) groups is 2. The number of carbonyl (C=O) groups excluding carboxylic acids is 2. The van der Waals surface area contributed by atoms with Gasteiger partial charge in [0.2, 0.25) is 5.91 Å². The lowest BCUT2D eigenvalue weighted by Gasteiger charge is -2.35. The van der Waals surface area contributed by atoms with E-state index in [0.717, 1.165) is 31.5 Å². The molecule has 3 rings (SSSR count). The molecule has 130 valence electrons. The van der Waals surface area contributed by atoms with Gasteiger partial charge in [-0.1, -0.05) is 24.6 Å². The maximum atomic E-state index is 12.6. The van der Waals surface area contributed by atoms with Gasteiger partial charge >= 0.3 is 6.03 Å². The molecule has 0 bridgehead atoms.